The maximum absolute atomic E-state index is 12.0. The number of rotatable bonds is 5. The van der Waals surface area contributed by atoms with Crippen LogP contribution >= 0.6 is 0 Å². The van der Waals surface area contributed by atoms with Crippen LogP contribution in [-0.2, 0) is 11.2 Å². The van der Waals surface area contributed by atoms with E-state index < -0.39 is 17.9 Å². The largest absolute Gasteiger partial charge is 0.508 e. The maximum Gasteiger partial charge on any atom is 0.326 e. The quantitative estimate of drug-likeness (QED) is 0.535. The second-order valence-electron chi connectivity index (χ2n) is 4.38. The van der Waals surface area contributed by atoms with Crippen molar-refractivity contribution in [1.29, 1.82) is 0 Å². The van der Waals surface area contributed by atoms with Crippen LogP contribution in [0.25, 0.3) is 0 Å². The Morgan fingerprint density at radius 2 is 1.90 bits per heavy atom. The zero-order valence-corrected chi connectivity index (χ0v) is 10.8. The molecule has 0 spiro atoms. The van der Waals surface area contributed by atoms with Gasteiger partial charge < -0.3 is 25.6 Å². The van der Waals surface area contributed by atoms with E-state index in [1.54, 1.807) is 0 Å². The standard InChI is InChI=1S/C13H13N3O5/c17-9-1-7(2-10(18)4-9)12(19)16-11(13(20)21)3-8-5-14-6-15-8/h1-2,4-6,11,17-18H,3H2,(H,14,15)(H,16,19)(H,20,21)/t11-/m0/s1. The van der Waals surface area contributed by atoms with Gasteiger partial charge in [-0.3, -0.25) is 4.79 Å². The average Bonchev–Trinajstić information content (AvgIpc) is 2.89. The van der Waals surface area contributed by atoms with Gasteiger partial charge in [0.25, 0.3) is 5.91 Å². The molecule has 0 bridgehead atoms. The smallest absolute Gasteiger partial charge is 0.326 e. The van der Waals surface area contributed by atoms with Crippen molar-refractivity contribution in [3.63, 3.8) is 0 Å². The summed E-state index contributed by atoms with van der Waals surface area (Å²) in [5.41, 5.74) is 0.518. The molecular formula is C13H13N3O5. The molecule has 1 heterocycles. The highest BCUT2D eigenvalue weighted by Gasteiger charge is 2.22. The number of amides is 1. The number of aromatic nitrogens is 2. The zero-order valence-electron chi connectivity index (χ0n) is 10.8. The number of benzene rings is 1. The second-order valence-corrected chi connectivity index (χ2v) is 4.38. The molecule has 8 heteroatoms. The molecule has 110 valence electrons. The molecule has 2 rings (SSSR count). The van der Waals surface area contributed by atoms with Crippen molar-refractivity contribution in [3.05, 3.63) is 42.0 Å². The molecule has 0 saturated carbocycles. The highest BCUT2D eigenvalue weighted by molar-refractivity contribution is 5.97. The van der Waals surface area contributed by atoms with Gasteiger partial charge in [0.05, 0.1) is 6.33 Å². The van der Waals surface area contributed by atoms with Crippen LogP contribution in [0.5, 0.6) is 11.5 Å². The van der Waals surface area contributed by atoms with E-state index in [1.807, 2.05) is 0 Å². The first-order chi connectivity index (χ1) is 9.95. The lowest BCUT2D eigenvalue weighted by Crippen LogP contribution is -2.42. The van der Waals surface area contributed by atoms with Gasteiger partial charge in [-0.15, -0.1) is 0 Å². The fourth-order valence-electron chi connectivity index (χ4n) is 1.78. The predicted octanol–water partition coefficient (Wildman–Crippen LogP) is 0.247. The van der Waals surface area contributed by atoms with E-state index in [0.29, 0.717) is 5.69 Å². The first-order valence-electron chi connectivity index (χ1n) is 5.99. The molecule has 0 aliphatic heterocycles. The van der Waals surface area contributed by atoms with Gasteiger partial charge in [-0.2, -0.15) is 0 Å². The highest BCUT2D eigenvalue weighted by Crippen LogP contribution is 2.20. The molecule has 1 atom stereocenters. The lowest BCUT2D eigenvalue weighted by Gasteiger charge is -2.14. The Morgan fingerprint density at radius 3 is 2.43 bits per heavy atom. The minimum absolute atomic E-state index is 0.0336. The molecule has 8 nitrogen and oxygen atoms in total. The Labute approximate surface area is 119 Å². The van der Waals surface area contributed by atoms with Crippen molar-refractivity contribution in [2.45, 2.75) is 12.5 Å². The van der Waals surface area contributed by atoms with Crippen LogP contribution in [0.3, 0.4) is 0 Å². The molecule has 21 heavy (non-hydrogen) atoms. The van der Waals surface area contributed by atoms with E-state index in [0.717, 1.165) is 18.2 Å². The summed E-state index contributed by atoms with van der Waals surface area (Å²) in [6, 6.07) is 2.16. The van der Waals surface area contributed by atoms with Gasteiger partial charge in [0.1, 0.15) is 17.5 Å². The number of aromatic amines is 1. The van der Waals surface area contributed by atoms with Gasteiger partial charge in [-0.25, -0.2) is 9.78 Å². The number of aliphatic carboxylic acids is 1. The number of carboxylic acids is 1. The molecule has 1 amide bonds. The van der Waals surface area contributed by atoms with Crippen molar-refractivity contribution in [1.82, 2.24) is 15.3 Å². The van der Waals surface area contributed by atoms with Gasteiger partial charge in [0.15, 0.2) is 0 Å². The van der Waals surface area contributed by atoms with Crippen LogP contribution in [0, 0.1) is 0 Å². The molecule has 1 aromatic heterocycles. The Kier molecular flexibility index (Phi) is 4.07. The molecule has 5 N–H and O–H groups in total. The minimum Gasteiger partial charge on any atom is -0.508 e. The lowest BCUT2D eigenvalue weighted by molar-refractivity contribution is -0.139. The number of aromatic hydroxyl groups is 2. The summed E-state index contributed by atoms with van der Waals surface area (Å²) in [5.74, 6) is -2.50. The summed E-state index contributed by atoms with van der Waals surface area (Å²) in [4.78, 5) is 29.7. The number of hydrogen-bond acceptors (Lipinski definition) is 5. The van der Waals surface area contributed by atoms with Crippen LogP contribution < -0.4 is 5.32 Å². The van der Waals surface area contributed by atoms with E-state index in [2.05, 4.69) is 15.3 Å². The molecule has 0 radical (unpaired) electrons. The van der Waals surface area contributed by atoms with Crippen LogP contribution in [-0.4, -0.2) is 43.2 Å². The third kappa shape index (κ3) is 3.72. The molecular weight excluding hydrogens is 278 g/mol. The highest BCUT2D eigenvalue weighted by atomic mass is 16.4. The van der Waals surface area contributed by atoms with Crippen LogP contribution in [0.4, 0.5) is 0 Å². The molecule has 0 fully saturated rings. The number of nitrogens with zero attached hydrogens (tertiary/aromatic N) is 1. The maximum atomic E-state index is 12.0. The average molecular weight is 291 g/mol. The number of imidazole rings is 1. The van der Waals surface area contributed by atoms with Gasteiger partial charge in [0.2, 0.25) is 0 Å². The molecule has 2 aromatic rings. The lowest BCUT2D eigenvalue weighted by atomic mass is 10.1. The summed E-state index contributed by atoms with van der Waals surface area (Å²) in [6.07, 6.45) is 2.90. The van der Waals surface area contributed by atoms with Crippen molar-refractivity contribution < 1.29 is 24.9 Å². The number of phenols is 2. The normalized spacial score (nSPS) is 11.8. The van der Waals surface area contributed by atoms with Crippen LogP contribution in [0.15, 0.2) is 30.7 Å². The van der Waals surface area contributed by atoms with Gasteiger partial charge in [0, 0.05) is 29.9 Å². The number of carbonyl (C=O) groups is 2. The van der Waals surface area contributed by atoms with E-state index in [4.69, 9.17) is 5.11 Å². The van der Waals surface area contributed by atoms with Crippen molar-refractivity contribution >= 4 is 11.9 Å². The summed E-state index contributed by atoms with van der Waals surface area (Å²) >= 11 is 0. The number of phenolic OH excluding ortho intramolecular Hbond substituents is 2. The van der Waals surface area contributed by atoms with E-state index in [9.17, 15) is 19.8 Å². The predicted molar refractivity (Wildman–Crippen MR) is 71.0 cm³/mol. The molecule has 0 aliphatic carbocycles. The second kappa shape index (κ2) is 5.95. The Hall–Kier alpha value is -3.03. The molecule has 0 unspecified atom stereocenters. The zero-order chi connectivity index (χ0) is 15.4. The van der Waals surface area contributed by atoms with Crippen molar-refractivity contribution in [3.8, 4) is 11.5 Å². The number of nitrogens with one attached hydrogen (secondary N) is 2. The molecule has 1 aromatic carbocycles. The number of carbonyl (C=O) groups excluding carboxylic acids is 1. The number of H-pyrrole nitrogens is 1. The summed E-state index contributed by atoms with van der Waals surface area (Å²) in [5, 5.41) is 30.1. The number of carboxylic acid groups (broad SMARTS) is 1. The molecule has 0 aliphatic rings. The Morgan fingerprint density at radius 1 is 1.24 bits per heavy atom. The van der Waals surface area contributed by atoms with E-state index in [-0.39, 0.29) is 23.5 Å². The third-order valence-corrected chi connectivity index (χ3v) is 2.75. The van der Waals surface area contributed by atoms with Gasteiger partial charge >= 0.3 is 5.97 Å². The van der Waals surface area contributed by atoms with E-state index in [1.165, 1.54) is 12.5 Å². The summed E-state index contributed by atoms with van der Waals surface area (Å²) in [7, 11) is 0. The van der Waals surface area contributed by atoms with Gasteiger partial charge in [-0.1, -0.05) is 0 Å². The van der Waals surface area contributed by atoms with Gasteiger partial charge in [-0.05, 0) is 12.1 Å². The fraction of sp³-hybridized carbons (Fsp3) is 0.154. The topological polar surface area (TPSA) is 136 Å². The first kappa shape index (κ1) is 14.4. The van der Waals surface area contributed by atoms with Crippen molar-refractivity contribution in [2.75, 3.05) is 0 Å². The third-order valence-electron chi connectivity index (χ3n) is 2.75. The monoisotopic (exact) mass is 291 g/mol. The fourth-order valence-corrected chi connectivity index (χ4v) is 1.78. The molecule has 0 saturated heterocycles. The van der Waals surface area contributed by atoms with Crippen LogP contribution in [0.2, 0.25) is 0 Å². The minimum atomic E-state index is -1.21. The first-order valence-corrected chi connectivity index (χ1v) is 5.99. The number of hydrogen-bond donors (Lipinski definition) is 5. The Bertz CT molecular complexity index is 634. The van der Waals surface area contributed by atoms with Crippen molar-refractivity contribution in [2.24, 2.45) is 0 Å². The van der Waals surface area contributed by atoms with Crippen LogP contribution in [0.1, 0.15) is 16.1 Å². The van der Waals surface area contributed by atoms with E-state index >= 15 is 0 Å². The summed E-state index contributed by atoms with van der Waals surface area (Å²) < 4.78 is 0. The summed E-state index contributed by atoms with van der Waals surface area (Å²) in [6.45, 7) is 0. The SMILES string of the molecule is O=C(N[C@@H](Cc1cnc[nH]1)C(=O)O)c1cc(O)cc(O)c1. The Balaban J connectivity index is 2.12.